The number of benzene rings is 1. The van der Waals surface area contributed by atoms with E-state index in [4.69, 9.17) is 10.5 Å². The normalized spacial score (nSPS) is 11.4. The summed E-state index contributed by atoms with van der Waals surface area (Å²) in [7, 11) is 2.11. The van der Waals surface area contributed by atoms with Gasteiger partial charge in [0.1, 0.15) is 0 Å². The van der Waals surface area contributed by atoms with Gasteiger partial charge in [0.05, 0.1) is 6.61 Å². The number of anilines is 1. The molecule has 1 rings (SSSR count). The maximum Gasteiger partial charge on any atom is 0.0593 e. The van der Waals surface area contributed by atoms with Crippen LogP contribution >= 0.6 is 0 Å². The molecule has 0 amide bonds. The number of hydrogen-bond acceptors (Lipinski definition) is 3. The van der Waals surface area contributed by atoms with E-state index in [2.05, 4.69) is 37.9 Å². The predicted octanol–water partition coefficient (Wildman–Crippen LogP) is 2.76. The summed E-state index contributed by atoms with van der Waals surface area (Å²) in [6.07, 6.45) is 1.14. The van der Waals surface area contributed by atoms with Crippen molar-refractivity contribution in [1.82, 2.24) is 4.90 Å². The van der Waals surface area contributed by atoms with E-state index < -0.39 is 0 Å². The Morgan fingerprint density at radius 3 is 2.44 bits per heavy atom. The second-order valence-electron chi connectivity index (χ2n) is 5.27. The van der Waals surface area contributed by atoms with E-state index in [1.807, 2.05) is 12.1 Å². The molecule has 0 aromatic heterocycles. The number of likely N-dealkylation sites (N-methyl/N-ethyl adjacent to an activating group) is 1. The molecule has 0 radical (unpaired) electrons. The van der Waals surface area contributed by atoms with E-state index in [-0.39, 0.29) is 0 Å². The molecule has 0 bridgehead atoms. The van der Waals surface area contributed by atoms with Gasteiger partial charge in [0.25, 0.3) is 0 Å². The maximum absolute atomic E-state index is 5.66. The van der Waals surface area contributed by atoms with Crippen LogP contribution in [0.25, 0.3) is 0 Å². The van der Waals surface area contributed by atoms with Crippen LogP contribution in [0.3, 0.4) is 0 Å². The monoisotopic (exact) mass is 250 g/mol. The van der Waals surface area contributed by atoms with Gasteiger partial charge < -0.3 is 10.5 Å². The summed E-state index contributed by atoms with van der Waals surface area (Å²) in [6.45, 7) is 8.01. The summed E-state index contributed by atoms with van der Waals surface area (Å²) >= 11 is 0. The van der Waals surface area contributed by atoms with Gasteiger partial charge in [-0.2, -0.15) is 0 Å². The molecule has 2 N–H and O–H groups in total. The third kappa shape index (κ3) is 6.62. The number of nitrogen functional groups attached to an aromatic ring is 1. The predicted molar refractivity (Wildman–Crippen MR) is 77.5 cm³/mol. The molecular weight excluding hydrogens is 224 g/mol. The standard InChI is InChI=1S/C15H26N2O/c1-13(2)8-10-18-11-9-17(3)12-14-4-6-15(16)7-5-14/h4-7,13H,8-12,16H2,1-3H3. The van der Waals surface area contributed by atoms with Crippen LogP contribution in [-0.4, -0.2) is 31.7 Å². The Bertz CT molecular complexity index is 322. The fourth-order valence-corrected chi connectivity index (χ4v) is 1.66. The summed E-state index contributed by atoms with van der Waals surface area (Å²) in [5, 5.41) is 0. The molecule has 1 aromatic carbocycles. The number of hydrogen-bond donors (Lipinski definition) is 1. The van der Waals surface area contributed by atoms with Crippen molar-refractivity contribution < 1.29 is 4.74 Å². The highest BCUT2D eigenvalue weighted by atomic mass is 16.5. The molecule has 0 heterocycles. The molecule has 0 aliphatic rings. The molecule has 0 spiro atoms. The van der Waals surface area contributed by atoms with Crippen LogP contribution in [0.5, 0.6) is 0 Å². The minimum atomic E-state index is 0.720. The highest BCUT2D eigenvalue weighted by molar-refractivity contribution is 5.39. The van der Waals surface area contributed by atoms with Crippen LogP contribution in [0, 0.1) is 5.92 Å². The molecule has 3 heteroatoms. The topological polar surface area (TPSA) is 38.5 Å². The van der Waals surface area contributed by atoms with Crippen molar-refractivity contribution in [3.05, 3.63) is 29.8 Å². The molecule has 0 atom stereocenters. The first kappa shape index (κ1) is 15.0. The first-order valence-electron chi connectivity index (χ1n) is 6.68. The van der Waals surface area contributed by atoms with Gasteiger partial charge >= 0.3 is 0 Å². The largest absolute Gasteiger partial charge is 0.399 e. The lowest BCUT2D eigenvalue weighted by atomic mass is 10.1. The summed E-state index contributed by atoms with van der Waals surface area (Å²) in [5.41, 5.74) is 7.77. The Balaban J connectivity index is 2.13. The van der Waals surface area contributed by atoms with Crippen molar-refractivity contribution in [3.63, 3.8) is 0 Å². The lowest BCUT2D eigenvalue weighted by molar-refractivity contribution is 0.101. The van der Waals surface area contributed by atoms with Crippen LogP contribution in [0.15, 0.2) is 24.3 Å². The molecule has 1 aromatic rings. The van der Waals surface area contributed by atoms with Gasteiger partial charge in [-0.3, -0.25) is 4.90 Å². The molecule has 18 heavy (non-hydrogen) atoms. The molecular formula is C15H26N2O. The smallest absolute Gasteiger partial charge is 0.0593 e. The average Bonchev–Trinajstić information content (AvgIpc) is 2.31. The molecule has 102 valence electrons. The summed E-state index contributed by atoms with van der Waals surface area (Å²) in [4.78, 5) is 2.26. The average molecular weight is 250 g/mol. The quantitative estimate of drug-likeness (QED) is 0.569. The Labute approximate surface area is 111 Å². The zero-order valence-electron chi connectivity index (χ0n) is 11.9. The number of nitrogens with two attached hydrogens (primary N) is 1. The van der Waals surface area contributed by atoms with E-state index in [0.717, 1.165) is 44.3 Å². The first-order chi connectivity index (χ1) is 8.58. The van der Waals surface area contributed by atoms with Crippen molar-refractivity contribution in [3.8, 4) is 0 Å². The second kappa shape index (κ2) is 8.11. The molecule has 0 fully saturated rings. The summed E-state index contributed by atoms with van der Waals surface area (Å²) in [5.74, 6) is 0.720. The first-order valence-corrected chi connectivity index (χ1v) is 6.68. The lowest BCUT2D eigenvalue weighted by Crippen LogP contribution is -2.23. The Morgan fingerprint density at radius 1 is 1.17 bits per heavy atom. The van der Waals surface area contributed by atoms with E-state index in [9.17, 15) is 0 Å². The van der Waals surface area contributed by atoms with Crippen molar-refractivity contribution in [2.24, 2.45) is 5.92 Å². The Morgan fingerprint density at radius 2 is 1.83 bits per heavy atom. The Hall–Kier alpha value is -1.06. The Kier molecular flexibility index (Phi) is 6.76. The van der Waals surface area contributed by atoms with Crippen LogP contribution in [0.2, 0.25) is 0 Å². The highest BCUT2D eigenvalue weighted by Crippen LogP contribution is 2.07. The summed E-state index contributed by atoms with van der Waals surface area (Å²) in [6, 6.07) is 8.04. The third-order valence-electron chi connectivity index (χ3n) is 2.89. The molecule has 0 aliphatic carbocycles. The van der Waals surface area contributed by atoms with Crippen LogP contribution in [0.1, 0.15) is 25.8 Å². The summed E-state index contributed by atoms with van der Waals surface area (Å²) < 4.78 is 5.61. The van der Waals surface area contributed by atoms with Crippen LogP contribution in [0.4, 0.5) is 5.69 Å². The molecule has 3 nitrogen and oxygen atoms in total. The zero-order chi connectivity index (χ0) is 13.4. The molecule has 0 saturated heterocycles. The van der Waals surface area contributed by atoms with Crippen LogP contribution in [-0.2, 0) is 11.3 Å². The maximum atomic E-state index is 5.66. The van der Waals surface area contributed by atoms with Gasteiger partial charge in [-0.15, -0.1) is 0 Å². The lowest BCUT2D eigenvalue weighted by Gasteiger charge is -2.17. The van der Waals surface area contributed by atoms with Gasteiger partial charge in [0.2, 0.25) is 0 Å². The second-order valence-corrected chi connectivity index (χ2v) is 5.27. The van der Waals surface area contributed by atoms with E-state index in [1.54, 1.807) is 0 Å². The number of rotatable bonds is 8. The molecule has 0 saturated carbocycles. The van der Waals surface area contributed by atoms with Gasteiger partial charge in [-0.1, -0.05) is 26.0 Å². The van der Waals surface area contributed by atoms with Crippen LogP contribution < -0.4 is 5.73 Å². The van der Waals surface area contributed by atoms with Crippen molar-refractivity contribution >= 4 is 5.69 Å². The number of nitrogens with zero attached hydrogens (tertiary/aromatic N) is 1. The molecule has 0 aliphatic heterocycles. The van der Waals surface area contributed by atoms with Crippen molar-refractivity contribution in [2.45, 2.75) is 26.8 Å². The van der Waals surface area contributed by atoms with Crippen molar-refractivity contribution in [2.75, 3.05) is 32.5 Å². The fraction of sp³-hybridized carbons (Fsp3) is 0.600. The third-order valence-corrected chi connectivity index (χ3v) is 2.89. The zero-order valence-corrected chi connectivity index (χ0v) is 11.9. The van der Waals surface area contributed by atoms with Crippen molar-refractivity contribution in [1.29, 1.82) is 0 Å². The van der Waals surface area contributed by atoms with Gasteiger partial charge in [-0.25, -0.2) is 0 Å². The van der Waals surface area contributed by atoms with Gasteiger partial charge in [-0.05, 0) is 37.1 Å². The van der Waals surface area contributed by atoms with Gasteiger partial charge in [0.15, 0.2) is 0 Å². The minimum absolute atomic E-state index is 0.720. The molecule has 0 unspecified atom stereocenters. The van der Waals surface area contributed by atoms with E-state index >= 15 is 0 Å². The highest BCUT2D eigenvalue weighted by Gasteiger charge is 2.00. The van der Waals surface area contributed by atoms with E-state index in [0.29, 0.717) is 0 Å². The minimum Gasteiger partial charge on any atom is -0.399 e. The number of ether oxygens (including phenoxy) is 1. The fourth-order valence-electron chi connectivity index (χ4n) is 1.66. The van der Waals surface area contributed by atoms with Gasteiger partial charge in [0, 0.05) is 25.4 Å². The van der Waals surface area contributed by atoms with E-state index in [1.165, 1.54) is 5.56 Å². The SMILES string of the molecule is CC(C)CCOCCN(C)Cc1ccc(N)cc1.